The van der Waals surface area contributed by atoms with Crippen molar-refractivity contribution in [1.82, 2.24) is 14.1 Å². The SMILES string of the molecule is OC1CCCCc2cn(Cc3cncn3C3CC3)cc21. The Bertz CT molecular complexity index is 609. The highest BCUT2D eigenvalue weighted by molar-refractivity contribution is 5.28. The Labute approximate surface area is 119 Å². The molecular formula is C16H21N3O. The van der Waals surface area contributed by atoms with Gasteiger partial charge in [-0.3, -0.25) is 0 Å². The van der Waals surface area contributed by atoms with Gasteiger partial charge in [0.2, 0.25) is 0 Å². The minimum atomic E-state index is -0.276. The molecule has 1 unspecified atom stereocenters. The maximum absolute atomic E-state index is 10.2. The van der Waals surface area contributed by atoms with Crippen LogP contribution in [0.5, 0.6) is 0 Å². The molecule has 1 N–H and O–H groups in total. The molecule has 2 aromatic rings. The number of nitrogens with zero attached hydrogens (tertiary/aromatic N) is 3. The molecule has 2 aliphatic rings. The fourth-order valence-corrected chi connectivity index (χ4v) is 3.31. The summed E-state index contributed by atoms with van der Waals surface area (Å²) in [5, 5.41) is 10.2. The molecule has 0 bridgehead atoms. The highest BCUT2D eigenvalue weighted by atomic mass is 16.3. The van der Waals surface area contributed by atoms with Crippen LogP contribution in [0.1, 0.15) is 61.1 Å². The minimum Gasteiger partial charge on any atom is -0.388 e. The van der Waals surface area contributed by atoms with Gasteiger partial charge in [0.1, 0.15) is 0 Å². The molecular weight excluding hydrogens is 250 g/mol. The summed E-state index contributed by atoms with van der Waals surface area (Å²) < 4.78 is 4.52. The lowest BCUT2D eigenvalue weighted by molar-refractivity contribution is 0.166. The zero-order valence-electron chi connectivity index (χ0n) is 11.7. The van der Waals surface area contributed by atoms with Gasteiger partial charge in [0, 0.05) is 30.2 Å². The lowest BCUT2D eigenvalue weighted by Gasteiger charge is -2.08. The minimum absolute atomic E-state index is 0.276. The quantitative estimate of drug-likeness (QED) is 0.872. The second kappa shape index (κ2) is 4.77. The molecule has 1 fully saturated rings. The van der Waals surface area contributed by atoms with E-state index in [4.69, 9.17) is 0 Å². The molecule has 0 aliphatic heterocycles. The highest BCUT2D eigenvalue weighted by Crippen LogP contribution is 2.36. The molecule has 4 nitrogen and oxygen atoms in total. The maximum atomic E-state index is 10.2. The summed E-state index contributed by atoms with van der Waals surface area (Å²) in [5.74, 6) is 0. The zero-order valence-corrected chi connectivity index (χ0v) is 11.7. The van der Waals surface area contributed by atoms with Gasteiger partial charge in [-0.25, -0.2) is 4.98 Å². The fourth-order valence-electron chi connectivity index (χ4n) is 3.31. The number of hydrogen-bond acceptors (Lipinski definition) is 2. The van der Waals surface area contributed by atoms with Crippen LogP contribution in [0.4, 0.5) is 0 Å². The standard InChI is InChI=1S/C16H21N3O/c20-16-4-2-1-3-12-8-18(10-15(12)16)9-14-7-17-11-19(14)13-5-6-13/h7-8,10-11,13,16,20H,1-6,9H2. The number of aliphatic hydroxyl groups excluding tert-OH is 1. The largest absolute Gasteiger partial charge is 0.388 e. The molecule has 2 aromatic heterocycles. The maximum Gasteiger partial charge on any atom is 0.0951 e. The van der Waals surface area contributed by atoms with Crippen LogP contribution in [0.3, 0.4) is 0 Å². The molecule has 0 amide bonds. The predicted octanol–water partition coefficient (Wildman–Crippen LogP) is 2.83. The van der Waals surface area contributed by atoms with E-state index in [1.165, 1.54) is 30.5 Å². The number of aliphatic hydroxyl groups is 1. The molecule has 2 aliphatic carbocycles. The number of hydrogen-bond donors (Lipinski definition) is 1. The Morgan fingerprint density at radius 2 is 2.10 bits per heavy atom. The van der Waals surface area contributed by atoms with E-state index in [2.05, 4.69) is 26.5 Å². The number of imidazole rings is 1. The van der Waals surface area contributed by atoms with Gasteiger partial charge < -0.3 is 14.2 Å². The second-order valence-electron chi connectivity index (χ2n) is 6.20. The second-order valence-corrected chi connectivity index (χ2v) is 6.20. The molecule has 1 saturated carbocycles. The van der Waals surface area contributed by atoms with E-state index in [0.717, 1.165) is 31.4 Å². The molecule has 1 atom stereocenters. The number of fused-ring (bicyclic) bond motifs is 1. The highest BCUT2D eigenvalue weighted by Gasteiger charge is 2.25. The van der Waals surface area contributed by atoms with E-state index >= 15 is 0 Å². The molecule has 2 heterocycles. The van der Waals surface area contributed by atoms with Crippen LogP contribution >= 0.6 is 0 Å². The van der Waals surface area contributed by atoms with Crippen LogP contribution in [-0.4, -0.2) is 19.2 Å². The third kappa shape index (κ3) is 2.18. The van der Waals surface area contributed by atoms with Crippen molar-refractivity contribution in [2.45, 2.75) is 57.2 Å². The van der Waals surface area contributed by atoms with E-state index in [0.29, 0.717) is 6.04 Å². The summed E-state index contributed by atoms with van der Waals surface area (Å²) in [7, 11) is 0. The van der Waals surface area contributed by atoms with Crippen molar-refractivity contribution in [3.63, 3.8) is 0 Å². The third-order valence-corrected chi connectivity index (χ3v) is 4.56. The predicted molar refractivity (Wildman–Crippen MR) is 76.5 cm³/mol. The summed E-state index contributed by atoms with van der Waals surface area (Å²) in [6, 6.07) is 0.673. The lowest BCUT2D eigenvalue weighted by Crippen LogP contribution is -2.04. The zero-order chi connectivity index (χ0) is 13.5. The summed E-state index contributed by atoms with van der Waals surface area (Å²) in [5.41, 5.74) is 3.74. The molecule has 4 heteroatoms. The summed E-state index contributed by atoms with van der Waals surface area (Å²) in [6.07, 6.45) is 14.9. The Morgan fingerprint density at radius 3 is 2.95 bits per heavy atom. The molecule has 106 valence electrons. The van der Waals surface area contributed by atoms with Crippen LogP contribution in [-0.2, 0) is 13.0 Å². The first-order chi connectivity index (χ1) is 9.81. The van der Waals surface area contributed by atoms with E-state index < -0.39 is 0 Å². The van der Waals surface area contributed by atoms with Crippen molar-refractivity contribution >= 4 is 0 Å². The van der Waals surface area contributed by atoms with Crippen molar-refractivity contribution < 1.29 is 5.11 Å². The normalized spacial score (nSPS) is 22.6. The van der Waals surface area contributed by atoms with Gasteiger partial charge in [-0.15, -0.1) is 0 Å². The van der Waals surface area contributed by atoms with Crippen molar-refractivity contribution in [1.29, 1.82) is 0 Å². The molecule has 0 aromatic carbocycles. The van der Waals surface area contributed by atoms with Gasteiger partial charge in [0.05, 0.1) is 24.7 Å². The molecule has 0 radical (unpaired) electrons. The van der Waals surface area contributed by atoms with Crippen LogP contribution in [0.25, 0.3) is 0 Å². The average Bonchev–Trinajstić information content (AvgIpc) is 3.10. The van der Waals surface area contributed by atoms with Gasteiger partial charge >= 0.3 is 0 Å². The average molecular weight is 271 g/mol. The van der Waals surface area contributed by atoms with Crippen LogP contribution in [0.15, 0.2) is 24.9 Å². The Hall–Kier alpha value is -1.55. The monoisotopic (exact) mass is 271 g/mol. The van der Waals surface area contributed by atoms with Gasteiger partial charge in [0.25, 0.3) is 0 Å². The number of rotatable bonds is 3. The molecule has 4 rings (SSSR count). The van der Waals surface area contributed by atoms with Crippen LogP contribution in [0, 0.1) is 0 Å². The molecule has 0 saturated heterocycles. The van der Waals surface area contributed by atoms with Gasteiger partial charge in [0.15, 0.2) is 0 Å². The number of aromatic nitrogens is 3. The first kappa shape index (κ1) is 12.2. The number of aryl methyl sites for hydroxylation is 1. The van der Waals surface area contributed by atoms with E-state index in [1.54, 1.807) is 0 Å². The van der Waals surface area contributed by atoms with Crippen LogP contribution < -0.4 is 0 Å². The van der Waals surface area contributed by atoms with Gasteiger partial charge in [-0.2, -0.15) is 0 Å². The molecule has 20 heavy (non-hydrogen) atoms. The fraction of sp³-hybridized carbons (Fsp3) is 0.562. The topological polar surface area (TPSA) is 43.0 Å². The van der Waals surface area contributed by atoms with Crippen molar-refractivity contribution in [2.75, 3.05) is 0 Å². The lowest BCUT2D eigenvalue weighted by atomic mass is 10.1. The van der Waals surface area contributed by atoms with E-state index in [9.17, 15) is 5.11 Å². The van der Waals surface area contributed by atoms with Crippen LogP contribution in [0.2, 0.25) is 0 Å². The smallest absolute Gasteiger partial charge is 0.0951 e. The van der Waals surface area contributed by atoms with E-state index in [-0.39, 0.29) is 6.10 Å². The summed E-state index contributed by atoms with van der Waals surface area (Å²) in [6.45, 7) is 0.857. The van der Waals surface area contributed by atoms with Crippen molar-refractivity contribution in [3.8, 4) is 0 Å². The summed E-state index contributed by atoms with van der Waals surface area (Å²) >= 11 is 0. The van der Waals surface area contributed by atoms with Crippen molar-refractivity contribution in [3.05, 3.63) is 41.7 Å². The van der Waals surface area contributed by atoms with Crippen molar-refractivity contribution in [2.24, 2.45) is 0 Å². The Morgan fingerprint density at radius 1 is 1.20 bits per heavy atom. The Kier molecular flexibility index (Phi) is 2.91. The molecule has 0 spiro atoms. The first-order valence-electron chi connectivity index (χ1n) is 7.68. The van der Waals surface area contributed by atoms with Gasteiger partial charge in [-0.05, 0) is 37.7 Å². The summed E-state index contributed by atoms with van der Waals surface area (Å²) in [4.78, 5) is 4.29. The Balaban J connectivity index is 1.60. The third-order valence-electron chi connectivity index (χ3n) is 4.56. The van der Waals surface area contributed by atoms with Gasteiger partial charge in [-0.1, -0.05) is 6.42 Å². The first-order valence-corrected chi connectivity index (χ1v) is 7.68. The van der Waals surface area contributed by atoms with E-state index in [1.807, 2.05) is 12.5 Å².